The molecule has 1 rings (SSSR count). The number of urea groups is 1. The van der Waals surface area contributed by atoms with Crippen molar-refractivity contribution in [1.29, 1.82) is 0 Å². The minimum atomic E-state index is -0.988. The van der Waals surface area contributed by atoms with E-state index < -0.39 is 29.8 Å². The molecule has 5 nitrogen and oxygen atoms in total. The van der Waals surface area contributed by atoms with Crippen LogP contribution in [-0.4, -0.2) is 37.5 Å². The maximum Gasteiger partial charge on any atom is 0.315 e. The van der Waals surface area contributed by atoms with Crippen molar-refractivity contribution in [3.63, 3.8) is 0 Å². The lowest BCUT2D eigenvalue weighted by Gasteiger charge is -2.20. The first kappa shape index (κ1) is 19.3. The number of methoxy groups -OCH3 is 1. The minimum absolute atomic E-state index is 0.104. The molecule has 23 heavy (non-hydrogen) atoms. The van der Waals surface area contributed by atoms with E-state index in [4.69, 9.17) is 4.74 Å². The Balaban J connectivity index is 2.61. The van der Waals surface area contributed by atoms with Crippen molar-refractivity contribution in [2.24, 2.45) is 5.92 Å². The number of carbonyl (C=O) groups is 1. The first-order valence-corrected chi connectivity index (χ1v) is 7.49. The molecule has 2 atom stereocenters. The fraction of sp³-hybridized carbons (Fsp3) is 0.562. The van der Waals surface area contributed by atoms with E-state index in [1.165, 1.54) is 13.2 Å². The molecule has 0 aliphatic heterocycles. The summed E-state index contributed by atoms with van der Waals surface area (Å²) in [6.07, 6.45) is -0.0600. The molecule has 2 amide bonds. The molecule has 0 saturated heterocycles. The van der Waals surface area contributed by atoms with Crippen LogP contribution in [0.25, 0.3) is 0 Å². The zero-order chi connectivity index (χ0) is 17.4. The number of aliphatic hydroxyl groups excluding tert-OH is 1. The predicted molar refractivity (Wildman–Crippen MR) is 83.0 cm³/mol. The Morgan fingerprint density at radius 2 is 2.00 bits per heavy atom. The second-order valence-corrected chi connectivity index (χ2v) is 5.82. The number of halogens is 2. The van der Waals surface area contributed by atoms with E-state index in [1.54, 1.807) is 0 Å². The molecule has 0 aliphatic carbocycles. The average molecular weight is 330 g/mol. The SMILES string of the molecule is COCC(NC(=O)NCC(O)CC(C)C)c1ccc(F)c(F)c1. The van der Waals surface area contributed by atoms with E-state index in [-0.39, 0.29) is 13.2 Å². The number of hydrogen-bond acceptors (Lipinski definition) is 3. The zero-order valence-corrected chi connectivity index (χ0v) is 13.6. The van der Waals surface area contributed by atoms with Crippen LogP contribution < -0.4 is 10.6 Å². The largest absolute Gasteiger partial charge is 0.391 e. The summed E-state index contributed by atoms with van der Waals surface area (Å²) in [6, 6.07) is 2.26. The smallest absolute Gasteiger partial charge is 0.315 e. The number of aliphatic hydroxyl groups is 1. The highest BCUT2D eigenvalue weighted by molar-refractivity contribution is 5.74. The molecule has 0 heterocycles. The molecule has 0 bridgehead atoms. The van der Waals surface area contributed by atoms with Crippen LogP contribution in [0, 0.1) is 17.6 Å². The van der Waals surface area contributed by atoms with Gasteiger partial charge >= 0.3 is 6.03 Å². The first-order valence-electron chi connectivity index (χ1n) is 7.49. The summed E-state index contributed by atoms with van der Waals surface area (Å²) in [6.45, 7) is 4.16. The van der Waals surface area contributed by atoms with Crippen molar-refractivity contribution in [2.75, 3.05) is 20.3 Å². The Morgan fingerprint density at radius 1 is 1.30 bits per heavy atom. The molecular formula is C16H24F2N2O3. The van der Waals surface area contributed by atoms with Gasteiger partial charge in [0, 0.05) is 13.7 Å². The number of nitrogens with one attached hydrogen (secondary N) is 2. The van der Waals surface area contributed by atoms with Gasteiger partial charge < -0.3 is 20.5 Å². The molecule has 7 heteroatoms. The predicted octanol–water partition coefficient (Wildman–Crippen LogP) is 2.36. The third-order valence-corrected chi connectivity index (χ3v) is 3.23. The maximum absolute atomic E-state index is 13.3. The van der Waals surface area contributed by atoms with Crippen LogP contribution in [-0.2, 0) is 4.74 Å². The molecule has 0 aromatic heterocycles. The first-order chi connectivity index (χ1) is 10.8. The van der Waals surface area contributed by atoms with E-state index in [0.717, 1.165) is 12.1 Å². The fourth-order valence-corrected chi connectivity index (χ4v) is 2.16. The van der Waals surface area contributed by atoms with E-state index in [1.807, 2.05) is 13.8 Å². The van der Waals surface area contributed by atoms with Crippen LogP contribution in [0.2, 0.25) is 0 Å². The second kappa shape index (κ2) is 9.42. The summed E-state index contributed by atoms with van der Waals surface area (Å²) in [7, 11) is 1.44. The molecule has 1 aromatic carbocycles. The van der Waals surface area contributed by atoms with Crippen molar-refractivity contribution in [3.05, 3.63) is 35.4 Å². The number of carbonyl (C=O) groups excluding carboxylic acids is 1. The summed E-state index contributed by atoms with van der Waals surface area (Å²) < 4.78 is 31.3. The highest BCUT2D eigenvalue weighted by Gasteiger charge is 2.17. The van der Waals surface area contributed by atoms with E-state index in [0.29, 0.717) is 17.9 Å². The van der Waals surface area contributed by atoms with Crippen molar-refractivity contribution in [3.8, 4) is 0 Å². The highest BCUT2D eigenvalue weighted by Crippen LogP contribution is 2.16. The lowest BCUT2D eigenvalue weighted by atomic mass is 10.1. The Labute approximate surface area is 135 Å². The third kappa shape index (κ3) is 6.92. The number of amides is 2. The van der Waals surface area contributed by atoms with Gasteiger partial charge in [-0.05, 0) is 30.0 Å². The van der Waals surface area contributed by atoms with Crippen LogP contribution in [0.1, 0.15) is 31.9 Å². The van der Waals surface area contributed by atoms with E-state index in [2.05, 4.69) is 10.6 Å². The van der Waals surface area contributed by atoms with Crippen LogP contribution in [0.15, 0.2) is 18.2 Å². The number of hydrogen-bond donors (Lipinski definition) is 3. The summed E-state index contributed by atoms with van der Waals surface area (Å²) in [5.74, 6) is -1.62. The van der Waals surface area contributed by atoms with Crippen molar-refractivity contribution >= 4 is 6.03 Å². The highest BCUT2D eigenvalue weighted by atomic mass is 19.2. The van der Waals surface area contributed by atoms with Crippen LogP contribution in [0.5, 0.6) is 0 Å². The molecular weight excluding hydrogens is 306 g/mol. The van der Waals surface area contributed by atoms with Gasteiger partial charge in [-0.2, -0.15) is 0 Å². The number of benzene rings is 1. The molecule has 3 N–H and O–H groups in total. The number of rotatable bonds is 8. The Morgan fingerprint density at radius 3 is 2.57 bits per heavy atom. The van der Waals surface area contributed by atoms with Gasteiger partial charge in [0.15, 0.2) is 11.6 Å². The normalized spacial score (nSPS) is 13.7. The van der Waals surface area contributed by atoms with Gasteiger partial charge in [-0.3, -0.25) is 0 Å². The Kier molecular flexibility index (Phi) is 7.91. The van der Waals surface area contributed by atoms with Crippen molar-refractivity contribution < 1.29 is 23.4 Å². The van der Waals surface area contributed by atoms with Gasteiger partial charge in [0.25, 0.3) is 0 Å². The third-order valence-electron chi connectivity index (χ3n) is 3.23. The topological polar surface area (TPSA) is 70.6 Å². The average Bonchev–Trinajstić information content (AvgIpc) is 2.47. The molecule has 0 radical (unpaired) electrons. The number of ether oxygens (including phenoxy) is 1. The molecule has 2 unspecified atom stereocenters. The zero-order valence-electron chi connectivity index (χ0n) is 13.6. The van der Waals surface area contributed by atoms with Gasteiger partial charge in [-0.1, -0.05) is 19.9 Å². The molecule has 1 aromatic rings. The second-order valence-electron chi connectivity index (χ2n) is 5.82. The summed E-state index contributed by atoms with van der Waals surface area (Å²) >= 11 is 0. The van der Waals surface area contributed by atoms with Gasteiger partial charge in [0.05, 0.1) is 18.8 Å². The summed E-state index contributed by atoms with van der Waals surface area (Å²) in [4.78, 5) is 11.9. The lowest BCUT2D eigenvalue weighted by molar-refractivity contribution is 0.143. The summed E-state index contributed by atoms with van der Waals surface area (Å²) in [5, 5.41) is 14.9. The van der Waals surface area contributed by atoms with E-state index in [9.17, 15) is 18.7 Å². The van der Waals surface area contributed by atoms with Crippen molar-refractivity contribution in [2.45, 2.75) is 32.4 Å². The Hall–Kier alpha value is -1.73. The monoisotopic (exact) mass is 330 g/mol. The van der Waals surface area contributed by atoms with Crippen LogP contribution in [0.3, 0.4) is 0 Å². The standard InChI is InChI=1S/C16H24F2N2O3/c1-10(2)6-12(21)8-19-16(22)20-15(9-23-3)11-4-5-13(17)14(18)7-11/h4-5,7,10,12,15,21H,6,8-9H2,1-3H3,(H2,19,20,22). The van der Waals surface area contributed by atoms with Crippen LogP contribution >= 0.6 is 0 Å². The van der Waals surface area contributed by atoms with Gasteiger partial charge in [-0.15, -0.1) is 0 Å². The molecule has 0 aliphatic rings. The van der Waals surface area contributed by atoms with Gasteiger partial charge in [-0.25, -0.2) is 13.6 Å². The van der Waals surface area contributed by atoms with E-state index >= 15 is 0 Å². The Bertz CT molecular complexity index is 512. The minimum Gasteiger partial charge on any atom is -0.391 e. The quantitative estimate of drug-likeness (QED) is 0.685. The molecule has 0 spiro atoms. The fourth-order valence-electron chi connectivity index (χ4n) is 2.16. The molecule has 0 saturated carbocycles. The molecule has 0 fully saturated rings. The van der Waals surface area contributed by atoms with Crippen LogP contribution in [0.4, 0.5) is 13.6 Å². The van der Waals surface area contributed by atoms with Crippen molar-refractivity contribution in [1.82, 2.24) is 10.6 Å². The lowest BCUT2D eigenvalue weighted by Crippen LogP contribution is -2.42. The van der Waals surface area contributed by atoms with Gasteiger partial charge in [0.2, 0.25) is 0 Å². The summed E-state index contributed by atoms with van der Waals surface area (Å²) in [5.41, 5.74) is 0.392. The maximum atomic E-state index is 13.3. The molecule has 130 valence electrons. The van der Waals surface area contributed by atoms with Gasteiger partial charge in [0.1, 0.15) is 0 Å².